The maximum absolute atomic E-state index is 13.2. The summed E-state index contributed by atoms with van der Waals surface area (Å²) in [4.78, 5) is 0. The van der Waals surface area contributed by atoms with Gasteiger partial charge < -0.3 is 24.2 Å². The molecule has 6 heteroatoms. The van der Waals surface area contributed by atoms with Gasteiger partial charge in [0.2, 0.25) is 0 Å². The summed E-state index contributed by atoms with van der Waals surface area (Å²) in [6.45, 7) is 1.49. The number of hydrogen-bond acceptors (Lipinski definition) is 5. The molecule has 4 aromatic rings. The summed E-state index contributed by atoms with van der Waals surface area (Å²) < 4.78 is 26.8. The van der Waals surface area contributed by atoms with Gasteiger partial charge in [0.25, 0.3) is 0 Å². The van der Waals surface area contributed by atoms with Crippen LogP contribution in [0, 0.1) is 5.21 Å². The van der Waals surface area contributed by atoms with Crippen LogP contribution in [-0.2, 0) is 45.4 Å². The first-order valence-electron chi connectivity index (χ1n) is 13.7. The van der Waals surface area contributed by atoms with E-state index in [4.69, 9.17) is 18.9 Å². The van der Waals surface area contributed by atoms with Crippen LogP contribution in [0.2, 0.25) is 0 Å². The monoisotopic (exact) mass is 537 g/mol. The fourth-order valence-corrected chi connectivity index (χ4v) is 4.74. The SMILES string of the molecule is [O-][N+]1=C[C@@H](OCc2ccccc2)[C@@H](OCc2ccccc2)[C@@H](OCc2ccccc2)[C@H](OCc2ccccc2)C1. The number of hydroxylamine groups is 1. The van der Waals surface area contributed by atoms with E-state index >= 15 is 0 Å². The summed E-state index contributed by atoms with van der Waals surface area (Å²) in [7, 11) is 0. The summed E-state index contributed by atoms with van der Waals surface area (Å²) in [5, 5.41) is 13.2. The van der Waals surface area contributed by atoms with Gasteiger partial charge in [-0.25, -0.2) is 4.74 Å². The van der Waals surface area contributed by atoms with Crippen LogP contribution < -0.4 is 0 Å². The first kappa shape index (κ1) is 27.7. The fraction of sp³-hybridized carbons (Fsp3) is 0.265. The van der Waals surface area contributed by atoms with Gasteiger partial charge in [0.1, 0.15) is 18.3 Å². The van der Waals surface area contributed by atoms with Crippen molar-refractivity contribution in [1.82, 2.24) is 0 Å². The molecule has 206 valence electrons. The minimum atomic E-state index is -0.646. The first-order valence-corrected chi connectivity index (χ1v) is 13.7. The van der Waals surface area contributed by atoms with Gasteiger partial charge in [0.05, 0.1) is 26.4 Å². The van der Waals surface area contributed by atoms with Crippen molar-refractivity contribution in [2.24, 2.45) is 0 Å². The predicted molar refractivity (Wildman–Crippen MR) is 155 cm³/mol. The van der Waals surface area contributed by atoms with Crippen molar-refractivity contribution in [3.63, 3.8) is 0 Å². The normalized spacial score (nSPS) is 20.9. The Balaban J connectivity index is 1.42. The summed E-state index contributed by atoms with van der Waals surface area (Å²) in [6, 6.07) is 39.8. The molecule has 1 heterocycles. The van der Waals surface area contributed by atoms with E-state index in [-0.39, 0.29) is 6.54 Å². The fourth-order valence-electron chi connectivity index (χ4n) is 4.74. The molecule has 0 fully saturated rings. The number of benzene rings is 4. The zero-order valence-electron chi connectivity index (χ0n) is 22.5. The summed E-state index contributed by atoms with van der Waals surface area (Å²) >= 11 is 0. The zero-order valence-corrected chi connectivity index (χ0v) is 22.5. The third kappa shape index (κ3) is 8.10. The van der Waals surface area contributed by atoms with Crippen LogP contribution in [0.15, 0.2) is 121 Å². The third-order valence-electron chi connectivity index (χ3n) is 6.85. The van der Waals surface area contributed by atoms with E-state index in [1.54, 1.807) is 6.21 Å². The second-order valence-corrected chi connectivity index (χ2v) is 9.87. The quantitative estimate of drug-likeness (QED) is 0.166. The van der Waals surface area contributed by atoms with E-state index in [9.17, 15) is 5.21 Å². The summed E-state index contributed by atoms with van der Waals surface area (Å²) in [6.07, 6.45) is -0.796. The van der Waals surface area contributed by atoms with Gasteiger partial charge in [0.15, 0.2) is 18.9 Å². The maximum Gasteiger partial charge on any atom is 0.182 e. The van der Waals surface area contributed by atoms with Crippen molar-refractivity contribution in [3.05, 3.63) is 149 Å². The molecule has 1 aliphatic rings. The van der Waals surface area contributed by atoms with Crippen LogP contribution >= 0.6 is 0 Å². The largest absolute Gasteiger partial charge is 0.624 e. The highest BCUT2D eigenvalue weighted by atomic mass is 16.6. The van der Waals surface area contributed by atoms with Gasteiger partial charge in [-0.1, -0.05) is 121 Å². The number of hydrogen-bond donors (Lipinski definition) is 0. The van der Waals surface area contributed by atoms with Gasteiger partial charge >= 0.3 is 0 Å². The molecule has 5 rings (SSSR count). The molecule has 0 radical (unpaired) electrons. The molecule has 0 spiro atoms. The lowest BCUT2D eigenvalue weighted by atomic mass is 10.0. The zero-order chi connectivity index (χ0) is 27.4. The van der Waals surface area contributed by atoms with E-state index in [0.717, 1.165) is 27.0 Å². The summed E-state index contributed by atoms with van der Waals surface area (Å²) in [5.74, 6) is 0. The predicted octanol–water partition coefficient (Wildman–Crippen LogP) is 5.92. The second-order valence-electron chi connectivity index (χ2n) is 9.87. The Kier molecular flexibility index (Phi) is 10.1. The molecule has 0 aliphatic carbocycles. The van der Waals surface area contributed by atoms with Crippen molar-refractivity contribution in [3.8, 4) is 0 Å². The highest BCUT2D eigenvalue weighted by Gasteiger charge is 2.43. The molecule has 4 aromatic carbocycles. The molecule has 40 heavy (non-hydrogen) atoms. The Morgan fingerprint density at radius 2 is 0.875 bits per heavy atom. The Hall–Kier alpha value is -3.81. The van der Waals surface area contributed by atoms with Crippen LogP contribution in [0.25, 0.3) is 0 Å². The molecule has 0 amide bonds. The topological polar surface area (TPSA) is 63.0 Å². The van der Waals surface area contributed by atoms with Gasteiger partial charge in [-0.3, -0.25) is 0 Å². The summed E-state index contributed by atoms with van der Waals surface area (Å²) in [5.41, 5.74) is 4.09. The van der Waals surface area contributed by atoms with Gasteiger partial charge in [-0.05, 0) is 22.3 Å². The minimum absolute atomic E-state index is 0.0999. The smallest absolute Gasteiger partial charge is 0.182 e. The van der Waals surface area contributed by atoms with Crippen LogP contribution in [0.5, 0.6) is 0 Å². The van der Waals surface area contributed by atoms with Crippen molar-refractivity contribution < 1.29 is 23.7 Å². The lowest BCUT2D eigenvalue weighted by Crippen LogP contribution is -2.49. The molecule has 0 saturated carbocycles. The highest BCUT2D eigenvalue weighted by molar-refractivity contribution is 5.59. The van der Waals surface area contributed by atoms with E-state index in [1.165, 1.54) is 0 Å². The van der Waals surface area contributed by atoms with Crippen molar-refractivity contribution in [2.75, 3.05) is 6.54 Å². The van der Waals surface area contributed by atoms with Gasteiger partial charge in [-0.2, -0.15) is 0 Å². The Morgan fingerprint density at radius 1 is 0.500 bits per heavy atom. The molecule has 6 nitrogen and oxygen atoms in total. The maximum atomic E-state index is 13.2. The van der Waals surface area contributed by atoms with Crippen LogP contribution in [-0.4, -0.2) is 41.9 Å². The van der Waals surface area contributed by atoms with Crippen LogP contribution in [0.4, 0.5) is 0 Å². The van der Waals surface area contributed by atoms with Crippen molar-refractivity contribution in [2.45, 2.75) is 50.8 Å². The molecular weight excluding hydrogens is 502 g/mol. The van der Waals surface area contributed by atoms with E-state index in [0.29, 0.717) is 26.4 Å². The lowest BCUT2D eigenvalue weighted by molar-refractivity contribution is -0.469. The molecule has 0 aromatic heterocycles. The van der Waals surface area contributed by atoms with Gasteiger partial charge in [-0.15, -0.1) is 0 Å². The third-order valence-corrected chi connectivity index (χ3v) is 6.85. The Morgan fingerprint density at radius 3 is 1.32 bits per heavy atom. The van der Waals surface area contributed by atoms with E-state index in [1.807, 2.05) is 121 Å². The van der Waals surface area contributed by atoms with Gasteiger partial charge in [0, 0.05) is 0 Å². The standard InChI is InChI=1S/C34H35NO5/c36-35-21-31(37-23-27-13-5-1-6-14-27)33(39-25-29-17-9-3-10-18-29)34(40-26-30-19-11-4-12-20-30)32(22-35)38-24-28-15-7-2-8-16-28/h1-21,31-34H,22-26H2/t31-,32-,33-,34+/m1/s1. The van der Waals surface area contributed by atoms with Crippen molar-refractivity contribution >= 4 is 6.21 Å². The number of rotatable bonds is 12. The first-order chi connectivity index (χ1) is 19.7. The molecule has 0 saturated heterocycles. The Bertz CT molecular complexity index is 1300. The molecular formula is C34H35NO5. The molecule has 0 bridgehead atoms. The molecule has 4 atom stereocenters. The molecule has 0 N–H and O–H groups in total. The minimum Gasteiger partial charge on any atom is -0.624 e. The average Bonchev–Trinajstić information content (AvgIpc) is 3.14. The molecule has 0 unspecified atom stereocenters. The van der Waals surface area contributed by atoms with E-state index < -0.39 is 24.4 Å². The lowest BCUT2D eigenvalue weighted by Gasteiger charge is -2.33. The van der Waals surface area contributed by atoms with E-state index in [2.05, 4.69) is 0 Å². The van der Waals surface area contributed by atoms with Crippen LogP contribution in [0.1, 0.15) is 22.3 Å². The highest BCUT2D eigenvalue weighted by Crippen LogP contribution is 2.24. The number of ether oxygens (including phenoxy) is 4. The molecule has 1 aliphatic heterocycles. The Labute approximate surface area is 236 Å². The second kappa shape index (κ2) is 14.5. The van der Waals surface area contributed by atoms with Crippen molar-refractivity contribution in [1.29, 1.82) is 0 Å². The number of nitrogens with zero attached hydrogens (tertiary/aromatic N) is 1. The van der Waals surface area contributed by atoms with Crippen LogP contribution in [0.3, 0.4) is 0 Å². The average molecular weight is 538 g/mol.